The van der Waals surface area contributed by atoms with Crippen molar-refractivity contribution >= 4 is 11.6 Å². The summed E-state index contributed by atoms with van der Waals surface area (Å²) in [5.41, 5.74) is 0. The summed E-state index contributed by atoms with van der Waals surface area (Å²) in [5, 5.41) is 0. The predicted molar refractivity (Wildman–Crippen MR) is 16.4 cm³/mol. The molecule has 0 heterocycles. The van der Waals surface area contributed by atoms with Gasteiger partial charge in [-0.25, -0.2) is 0 Å². The average Bonchev–Trinajstić information content (AvgIpc) is 0.918. The van der Waals surface area contributed by atoms with Gasteiger partial charge in [0.2, 0.25) is 0 Å². The largest absolute Gasteiger partial charge is 2.00 e. The van der Waals surface area contributed by atoms with E-state index in [4.69, 9.17) is 11.6 Å². The van der Waals surface area contributed by atoms with Crippen LogP contribution in [0.5, 0.6) is 0 Å². The second kappa shape index (κ2) is 8.88. The zero-order chi connectivity index (χ0) is 2.71. The molecule has 0 nitrogen and oxygen atoms in total. The van der Waals surface area contributed by atoms with E-state index in [1.807, 2.05) is 6.92 Å². The maximum absolute atomic E-state index is 5.00. The van der Waals surface area contributed by atoms with E-state index in [-0.39, 0.29) is 27.7 Å². The Kier molecular flexibility index (Phi) is 19.9. The third kappa shape index (κ3) is 10.6. The molecular weight excluding hydrogens is 260 g/mol. The van der Waals surface area contributed by atoms with E-state index in [0.717, 1.165) is 5.88 Å². The third-order valence-electron chi connectivity index (χ3n) is 0. The molecule has 0 fully saturated rings. The van der Waals surface area contributed by atoms with E-state index < -0.39 is 0 Å². The summed E-state index contributed by atoms with van der Waals surface area (Å²) in [5.74, 6) is 0.722. The van der Waals surface area contributed by atoms with Gasteiger partial charge in [-0.15, -0.1) is 11.6 Å². The van der Waals surface area contributed by atoms with Crippen molar-refractivity contribution in [3.63, 3.8) is 0 Å². The number of alkyl halides is 1. The summed E-state index contributed by atoms with van der Waals surface area (Å²) in [6.07, 6.45) is 0. The Morgan fingerprint density at radius 1 is 1.75 bits per heavy atom. The minimum atomic E-state index is 0. The van der Waals surface area contributed by atoms with Crippen molar-refractivity contribution < 1.29 is 27.7 Å². The molecule has 0 aromatic carbocycles. The van der Waals surface area contributed by atoms with Gasteiger partial charge in [-0.05, 0) is 0 Å². The van der Waals surface area contributed by atoms with Gasteiger partial charge < -0.3 is 0 Å². The van der Waals surface area contributed by atoms with Crippen LogP contribution in [0.2, 0.25) is 0 Å². The normalized spacial score (nSPS) is 4.50. The van der Waals surface area contributed by atoms with E-state index in [2.05, 4.69) is 0 Å². The second-order valence-corrected chi connectivity index (χ2v) is 0.802. The Bertz CT molecular complexity index is 6.00. The van der Waals surface area contributed by atoms with E-state index in [1.54, 1.807) is 0 Å². The molecule has 0 aliphatic carbocycles. The van der Waals surface area contributed by atoms with E-state index in [9.17, 15) is 0 Å². The number of hydrogen-bond acceptors (Lipinski definition) is 0. The first-order valence-corrected chi connectivity index (χ1v) is 1.51. The molecule has 0 aliphatic rings. The Hall–Kier alpha value is 1.23. The molecule has 4 heavy (non-hydrogen) atoms. The molecule has 2 heteroatoms. The second-order valence-electron chi connectivity index (χ2n) is 0.267. The molecule has 0 radical (unpaired) electrons. The van der Waals surface area contributed by atoms with Crippen molar-refractivity contribution in [3.05, 3.63) is 0 Å². The van der Waals surface area contributed by atoms with Crippen molar-refractivity contribution in [1.29, 1.82) is 0 Å². The molecular formula is C2H5ClHg+2. The van der Waals surface area contributed by atoms with Crippen LogP contribution in [0.3, 0.4) is 0 Å². The Morgan fingerprint density at radius 3 is 1.75 bits per heavy atom. The summed E-state index contributed by atoms with van der Waals surface area (Å²) in [4.78, 5) is 0. The maximum Gasteiger partial charge on any atom is 2.00 e. The first-order chi connectivity index (χ1) is 1.41. The van der Waals surface area contributed by atoms with Gasteiger partial charge in [-0.1, -0.05) is 6.92 Å². The standard InChI is InChI=1S/C2H5Cl.Hg/c1-2-3;/h2H2,1H3;/q;+2. The zero-order valence-electron chi connectivity index (χ0n) is 2.79. The topological polar surface area (TPSA) is 0 Å². The van der Waals surface area contributed by atoms with Crippen LogP contribution in [0.15, 0.2) is 0 Å². The number of rotatable bonds is 0. The molecule has 0 saturated heterocycles. The summed E-state index contributed by atoms with van der Waals surface area (Å²) in [6, 6.07) is 0. The monoisotopic (exact) mass is 266 g/mol. The minimum Gasteiger partial charge on any atom is -0.127 e. The fraction of sp³-hybridized carbons (Fsp3) is 1.00. The van der Waals surface area contributed by atoms with Gasteiger partial charge in [0, 0.05) is 5.88 Å². The number of hydrogen-bond donors (Lipinski definition) is 0. The van der Waals surface area contributed by atoms with Crippen LogP contribution in [0, 0.1) is 0 Å². The van der Waals surface area contributed by atoms with Crippen LogP contribution in [0.1, 0.15) is 6.92 Å². The van der Waals surface area contributed by atoms with Crippen LogP contribution in [-0.2, 0) is 27.7 Å². The van der Waals surface area contributed by atoms with Gasteiger partial charge in [0.25, 0.3) is 0 Å². The van der Waals surface area contributed by atoms with Crippen LogP contribution in [-0.4, -0.2) is 5.88 Å². The smallest absolute Gasteiger partial charge is 0.127 e. The Balaban J connectivity index is 0. The van der Waals surface area contributed by atoms with E-state index in [1.165, 1.54) is 0 Å². The van der Waals surface area contributed by atoms with Gasteiger partial charge in [0.05, 0.1) is 0 Å². The fourth-order valence-electron chi connectivity index (χ4n) is 0. The van der Waals surface area contributed by atoms with Gasteiger partial charge in [0.15, 0.2) is 0 Å². The Morgan fingerprint density at radius 2 is 1.75 bits per heavy atom. The van der Waals surface area contributed by atoms with E-state index in [0.29, 0.717) is 0 Å². The van der Waals surface area contributed by atoms with Crippen LogP contribution in [0.4, 0.5) is 0 Å². The quantitative estimate of drug-likeness (QED) is 0.456. The van der Waals surface area contributed by atoms with Crippen molar-refractivity contribution in [2.75, 3.05) is 5.88 Å². The van der Waals surface area contributed by atoms with Gasteiger partial charge >= 0.3 is 27.7 Å². The first kappa shape index (κ1) is 8.97. The molecule has 0 saturated carbocycles. The van der Waals surface area contributed by atoms with Crippen molar-refractivity contribution in [1.82, 2.24) is 0 Å². The van der Waals surface area contributed by atoms with Crippen LogP contribution in [0.25, 0.3) is 0 Å². The average molecular weight is 265 g/mol. The molecule has 20 valence electrons. The van der Waals surface area contributed by atoms with Gasteiger partial charge in [-0.2, -0.15) is 0 Å². The molecule has 0 bridgehead atoms. The van der Waals surface area contributed by atoms with E-state index >= 15 is 0 Å². The summed E-state index contributed by atoms with van der Waals surface area (Å²) in [6.45, 7) is 1.89. The molecule has 0 amide bonds. The summed E-state index contributed by atoms with van der Waals surface area (Å²) < 4.78 is 0. The van der Waals surface area contributed by atoms with Crippen molar-refractivity contribution in [2.45, 2.75) is 6.92 Å². The van der Waals surface area contributed by atoms with Crippen molar-refractivity contribution in [2.24, 2.45) is 0 Å². The molecule has 0 spiro atoms. The number of halogens is 1. The minimum absolute atomic E-state index is 0. The molecule has 0 atom stereocenters. The zero-order valence-corrected chi connectivity index (χ0v) is 9.05. The fourth-order valence-corrected chi connectivity index (χ4v) is 0. The molecule has 0 aromatic rings. The maximum atomic E-state index is 5.00. The van der Waals surface area contributed by atoms with Crippen LogP contribution < -0.4 is 0 Å². The SMILES string of the molecule is CCCl.[Hg+2]. The van der Waals surface area contributed by atoms with Gasteiger partial charge in [-0.3, -0.25) is 0 Å². The molecule has 0 rings (SSSR count). The Labute approximate surface area is 52.0 Å². The van der Waals surface area contributed by atoms with Gasteiger partial charge in [0.1, 0.15) is 0 Å². The van der Waals surface area contributed by atoms with Crippen molar-refractivity contribution in [3.8, 4) is 0 Å². The molecule has 0 N–H and O–H groups in total. The molecule has 0 unspecified atom stereocenters. The van der Waals surface area contributed by atoms with Crippen LogP contribution >= 0.6 is 11.6 Å². The summed E-state index contributed by atoms with van der Waals surface area (Å²) in [7, 11) is 0. The molecule has 0 aliphatic heterocycles. The third-order valence-corrected chi connectivity index (χ3v) is 0. The predicted octanol–water partition coefficient (Wildman–Crippen LogP) is 1.24. The first-order valence-electron chi connectivity index (χ1n) is 0.974. The molecule has 0 aromatic heterocycles. The summed E-state index contributed by atoms with van der Waals surface area (Å²) >= 11 is 5.00.